The molecule has 0 aliphatic carbocycles. The van der Waals surface area contributed by atoms with E-state index in [0.717, 1.165) is 0 Å². The summed E-state index contributed by atoms with van der Waals surface area (Å²) in [7, 11) is 0. The third kappa shape index (κ3) is 1.86. The monoisotopic (exact) mass is 220 g/mol. The van der Waals surface area contributed by atoms with Crippen LogP contribution in [0.25, 0.3) is 0 Å². The maximum atomic E-state index is 12.5. The van der Waals surface area contributed by atoms with Gasteiger partial charge < -0.3 is 9.73 Å². The van der Waals surface area contributed by atoms with Crippen molar-refractivity contribution in [3.8, 4) is 0 Å². The van der Waals surface area contributed by atoms with E-state index in [0.29, 0.717) is 13.1 Å². The molecule has 0 amide bonds. The van der Waals surface area contributed by atoms with Crippen LogP contribution >= 0.6 is 0 Å². The Morgan fingerprint density at radius 2 is 2.13 bits per heavy atom. The molecule has 0 saturated carbocycles. The minimum Gasteiger partial charge on any atom is -0.435 e. The number of nitrogens with zero attached hydrogens (tertiary/aromatic N) is 1. The van der Waals surface area contributed by atoms with Gasteiger partial charge in [-0.25, -0.2) is 4.98 Å². The molecule has 6 heteroatoms. The van der Waals surface area contributed by atoms with Gasteiger partial charge in [-0.1, -0.05) is 6.92 Å². The molecule has 1 aromatic rings. The normalized spacial score (nSPS) is 17.9. The molecule has 1 saturated heterocycles. The average molecular weight is 220 g/mol. The van der Waals surface area contributed by atoms with Crippen molar-refractivity contribution in [1.29, 1.82) is 0 Å². The van der Waals surface area contributed by atoms with Crippen molar-refractivity contribution in [2.24, 2.45) is 0 Å². The van der Waals surface area contributed by atoms with E-state index in [4.69, 9.17) is 4.42 Å². The smallest absolute Gasteiger partial charge is 0.435 e. The van der Waals surface area contributed by atoms with Crippen molar-refractivity contribution < 1.29 is 17.6 Å². The lowest BCUT2D eigenvalue weighted by molar-refractivity contribution is -0.154. The summed E-state index contributed by atoms with van der Waals surface area (Å²) >= 11 is 0. The molecule has 1 aliphatic heterocycles. The molecule has 0 atom stereocenters. The largest absolute Gasteiger partial charge is 0.451 e. The Kier molecular flexibility index (Phi) is 2.46. The first kappa shape index (κ1) is 10.5. The number of aryl methyl sites for hydroxylation is 1. The van der Waals surface area contributed by atoms with Crippen LogP contribution in [0.4, 0.5) is 13.2 Å². The fraction of sp³-hybridized carbons (Fsp3) is 0.667. The number of hydrogen-bond acceptors (Lipinski definition) is 3. The number of hydrogen-bond donors (Lipinski definition) is 1. The molecule has 1 aromatic heterocycles. The van der Waals surface area contributed by atoms with Crippen molar-refractivity contribution >= 4 is 0 Å². The molecule has 2 heterocycles. The van der Waals surface area contributed by atoms with Crippen molar-refractivity contribution in [3.05, 3.63) is 17.3 Å². The lowest BCUT2D eigenvalue weighted by Gasteiger charge is -2.23. The third-order valence-electron chi connectivity index (χ3n) is 2.44. The van der Waals surface area contributed by atoms with Crippen LogP contribution in [-0.2, 0) is 12.6 Å². The Morgan fingerprint density at radius 1 is 1.47 bits per heavy atom. The first-order chi connectivity index (χ1) is 7.02. The van der Waals surface area contributed by atoms with Crippen molar-refractivity contribution in [1.82, 2.24) is 10.3 Å². The standard InChI is InChI=1S/C9H11F3N2O/c1-2-6-7(9(10,11)12)15-8(14-6)5-3-13-4-5/h5,13H,2-4H2,1H3. The van der Waals surface area contributed by atoms with E-state index >= 15 is 0 Å². The summed E-state index contributed by atoms with van der Waals surface area (Å²) in [5.74, 6) is -0.740. The Morgan fingerprint density at radius 3 is 2.47 bits per heavy atom. The molecular formula is C9H11F3N2O. The molecule has 0 unspecified atom stereocenters. The van der Waals surface area contributed by atoms with Crippen LogP contribution in [0.15, 0.2) is 4.42 Å². The zero-order valence-electron chi connectivity index (χ0n) is 8.19. The number of oxazole rings is 1. The molecule has 1 N–H and O–H groups in total. The zero-order valence-corrected chi connectivity index (χ0v) is 8.19. The highest BCUT2D eigenvalue weighted by atomic mass is 19.4. The highest BCUT2D eigenvalue weighted by Crippen LogP contribution is 2.34. The number of aromatic nitrogens is 1. The minimum absolute atomic E-state index is 0.00407. The highest BCUT2D eigenvalue weighted by Gasteiger charge is 2.40. The molecule has 3 nitrogen and oxygen atoms in total. The molecule has 0 radical (unpaired) electrons. The average Bonchev–Trinajstić information content (AvgIpc) is 2.44. The lowest BCUT2D eigenvalue weighted by Crippen LogP contribution is -2.40. The molecule has 84 valence electrons. The zero-order chi connectivity index (χ0) is 11.1. The minimum atomic E-state index is -4.44. The Balaban J connectivity index is 2.32. The van der Waals surface area contributed by atoms with Crippen LogP contribution in [0.5, 0.6) is 0 Å². The van der Waals surface area contributed by atoms with Gasteiger partial charge >= 0.3 is 6.18 Å². The maximum Gasteiger partial charge on any atom is 0.451 e. The fourth-order valence-corrected chi connectivity index (χ4v) is 1.47. The summed E-state index contributed by atoms with van der Waals surface area (Å²) in [4.78, 5) is 3.89. The van der Waals surface area contributed by atoms with Gasteiger partial charge in [-0.2, -0.15) is 13.2 Å². The summed E-state index contributed by atoms with van der Waals surface area (Å²) in [5, 5.41) is 2.96. The second-order valence-corrected chi connectivity index (χ2v) is 3.53. The van der Waals surface area contributed by atoms with Gasteiger partial charge in [-0.05, 0) is 6.42 Å². The van der Waals surface area contributed by atoms with Gasteiger partial charge in [0.05, 0.1) is 11.6 Å². The van der Waals surface area contributed by atoms with E-state index in [-0.39, 0.29) is 23.9 Å². The number of alkyl halides is 3. The summed E-state index contributed by atoms with van der Waals surface area (Å²) in [6.07, 6.45) is -4.20. The van der Waals surface area contributed by atoms with Gasteiger partial charge in [0, 0.05) is 13.1 Å². The van der Waals surface area contributed by atoms with Gasteiger partial charge in [-0.15, -0.1) is 0 Å². The Bertz CT molecular complexity index is 355. The maximum absolute atomic E-state index is 12.5. The Hall–Kier alpha value is -1.04. The molecule has 0 aromatic carbocycles. The number of nitrogens with one attached hydrogen (secondary N) is 1. The van der Waals surface area contributed by atoms with Crippen molar-refractivity contribution in [2.75, 3.05) is 13.1 Å². The third-order valence-corrected chi connectivity index (χ3v) is 2.44. The van der Waals surface area contributed by atoms with Gasteiger partial charge in [-0.3, -0.25) is 0 Å². The van der Waals surface area contributed by atoms with Crippen LogP contribution in [0, 0.1) is 0 Å². The molecular weight excluding hydrogens is 209 g/mol. The van der Waals surface area contributed by atoms with Crippen LogP contribution in [0.3, 0.4) is 0 Å². The first-order valence-electron chi connectivity index (χ1n) is 4.80. The molecule has 15 heavy (non-hydrogen) atoms. The topological polar surface area (TPSA) is 38.1 Å². The van der Waals surface area contributed by atoms with Crippen LogP contribution in [-0.4, -0.2) is 18.1 Å². The summed E-state index contributed by atoms with van der Waals surface area (Å²) in [5.41, 5.74) is 0.00407. The highest BCUT2D eigenvalue weighted by molar-refractivity contribution is 5.16. The lowest BCUT2D eigenvalue weighted by atomic mass is 10.0. The van der Waals surface area contributed by atoms with E-state index in [1.807, 2.05) is 0 Å². The summed E-state index contributed by atoms with van der Waals surface area (Å²) < 4.78 is 42.3. The number of halogens is 3. The van der Waals surface area contributed by atoms with Gasteiger partial charge in [0.1, 0.15) is 0 Å². The molecule has 1 aliphatic rings. The predicted molar refractivity (Wildman–Crippen MR) is 46.5 cm³/mol. The second kappa shape index (κ2) is 3.52. The van der Waals surface area contributed by atoms with E-state index in [2.05, 4.69) is 10.3 Å². The Labute approximate surface area is 84.7 Å². The SMILES string of the molecule is CCc1nc(C2CNC2)oc1C(F)(F)F. The second-order valence-electron chi connectivity index (χ2n) is 3.53. The van der Waals surface area contributed by atoms with Crippen molar-refractivity contribution in [3.63, 3.8) is 0 Å². The van der Waals surface area contributed by atoms with Gasteiger partial charge in [0.15, 0.2) is 0 Å². The summed E-state index contributed by atoms with van der Waals surface area (Å²) in [6.45, 7) is 2.91. The van der Waals surface area contributed by atoms with E-state index in [1.54, 1.807) is 6.92 Å². The van der Waals surface area contributed by atoms with E-state index < -0.39 is 11.9 Å². The molecule has 2 rings (SSSR count). The summed E-state index contributed by atoms with van der Waals surface area (Å²) in [6, 6.07) is 0. The molecule has 0 bridgehead atoms. The van der Waals surface area contributed by atoms with Crippen LogP contribution in [0.2, 0.25) is 0 Å². The van der Waals surface area contributed by atoms with Crippen molar-refractivity contribution in [2.45, 2.75) is 25.4 Å². The van der Waals surface area contributed by atoms with Gasteiger partial charge in [0.2, 0.25) is 11.7 Å². The number of rotatable bonds is 2. The van der Waals surface area contributed by atoms with Crippen LogP contribution < -0.4 is 5.32 Å². The quantitative estimate of drug-likeness (QED) is 0.827. The first-order valence-corrected chi connectivity index (χ1v) is 4.80. The van der Waals surface area contributed by atoms with E-state index in [1.165, 1.54) is 0 Å². The van der Waals surface area contributed by atoms with Gasteiger partial charge in [0.25, 0.3) is 0 Å². The van der Waals surface area contributed by atoms with E-state index in [9.17, 15) is 13.2 Å². The fourth-order valence-electron chi connectivity index (χ4n) is 1.47. The predicted octanol–water partition coefficient (Wildman–Crippen LogP) is 1.94. The molecule has 0 spiro atoms. The molecule has 1 fully saturated rings. The van der Waals surface area contributed by atoms with Crippen LogP contribution in [0.1, 0.15) is 30.2 Å².